The average Bonchev–Trinajstić information content (AvgIpc) is 2.28. The molecule has 94 valence electrons. The smallest absolute Gasteiger partial charge is 0.224 e. The molecule has 2 unspecified atom stereocenters. The third-order valence-electron chi connectivity index (χ3n) is 2.93. The van der Waals surface area contributed by atoms with Crippen molar-refractivity contribution in [3.8, 4) is 0 Å². The van der Waals surface area contributed by atoms with Crippen LogP contribution in [0.2, 0.25) is 0 Å². The zero-order valence-electron chi connectivity index (χ0n) is 10.4. The molecule has 0 aliphatic heterocycles. The first-order chi connectivity index (χ1) is 7.93. The van der Waals surface area contributed by atoms with Gasteiger partial charge in [0.25, 0.3) is 0 Å². The van der Waals surface area contributed by atoms with Crippen LogP contribution in [0.3, 0.4) is 0 Å². The minimum Gasteiger partial charge on any atom is -0.349 e. The van der Waals surface area contributed by atoms with Crippen molar-refractivity contribution >= 4 is 21.8 Å². The van der Waals surface area contributed by atoms with Crippen molar-refractivity contribution in [3.63, 3.8) is 0 Å². The summed E-state index contributed by atoms with van der Waals surface area (Å²) in [6.07, 6.45) is 0. The first-order valence-corrected chi connectivity index (χ1v) is 6.53. The average molecular weight is 299 g/mol. The van der Waals surface area contributed by atoms with Crippen molar-refractivity contribution in [2.24, 2.45) is 11.7 Å². The van der Waals surface area contributed by atoms with Crippen LogP contribution in [0.4, 0.5) is 0 Å². The fourth-order valence-corrected chi connectivity index (χ4v) is 2.12. The first kappa shape index (κ1) is 14.2. The SMILES string of the molecule is CC(N)C(C)C(=O)N[C@@H](C)c1ccccc1Br. The van der Waals surface area contributed by atoms with Gasteiger partial charge in [0.15, 0.2) is 0 Å². The Morgan fingerprint density at radius 1 is 1.29 bits per heavy atom. The van der Waals surface area contributed by atoms with E-state index in [-0.39, 0.29) is 23.9 Å². The van der Waals surface area contributed by atoms with Crippen LogP contribution in [0.1, 0.15) is 32.4 Å². The molecule has 17 heavy (non-hydrogen) atoms. The monoisotopic (exact) mass is 298 g/mol. The predicted octanol–water partition coefficient (Wildman–Crippen LogP) is 2.61. The maximum atomic E-state index is 11.9. The molecule has 0 fully saturated rings. The number of carbonyl (C=O) groups excluding carboxylic acids is 1. The molecule has 0 spiro atoms. The van der Waals surface area contributed by atoms with Crippen LogP contribution in [0.25, 0.3) is 0 Å². The lowest BCUT2D eigenvalue weighted by molar-refractivity contribution is -0.125. The van der Waals surface area contributed by atoms with E-state index in [1.54, 1.807) is 0 Å². The fourth-order valence-electron chi connectivity index (χ4n) is 1.49. The van der Waals surface area contributed by atoms with Crippen LogP contribution in [0, 0.1) is 5.92 Å². The van der Waals surface area contributed by atoms with Crippen LogP contribution < -0.4 is 11.1 Å². The zero-order chi connectivity index (χ0) is 13.0. The number of amides is 1. The Morgan fingerprint density at radius 2 is 1.88 bits per heavy atom. The van der Waals surface area contributed by atoms with Crippen molar-refractivity contribution in [1.29, 1.82) is 0 Å². The number of hydrogen-bond acceptors (Lipinski definition) is 2. The Labute approximate surface area is 111 Å². The Hall–Kier alpha value is -0.870. The van der Waals surface area contributed by atoms with E-state index in [2.05, 4.69) is 21.2 Å². The summed E-state index contributed by atoms with van der Waals surface area (Å²) in [5, 5.41) is 2.97. The molecule has 0 heterocycles. The highest BCUT2D eigenvalue weighted by atomic mass is 79.9. The second-order valence-corrected chi connectivity index (χ2v) is 5.25. The maximum Gasteiger partial charge on any atom is 0.224 e. The molecule has 1 aromatic rings. The summed E-state index contributed by atoms with van der Waals surface area (Å²) >= 11 is 3.48. The fraction of sp³-hybridized carbons (Fsp3) is 0.462. The molecule has 0 saturated carbocycles. The maximum absolute atomic E-state index is 11.9. The van der Waals surface area contributed by atoms with Gasteiger partial charge in [0.1, 0.15) is 0 Å². The lowest BCUT2D eigenvalue weighted by Crippen LogP contribution is -2.39. The highest BCUT2D eigenvalue weighted by Crippen LogP contribution is 2.23. The number of nitrogens with one attached hydrogen (secondary N) is 1. The minimum absolute atomic E-state index is 0.0109. The van der Waals surface area contributed by atoms with Crippen LogP contribution in [0.5, 0.6) is 0 Å². The third-order valence-corrected chi connectivity index (χ3v) is 3.65. The molecule has 3 N–H and O–H groups in total. The Morgan fingerprint density at radius 3 is 2.41 bits per heavy atom. The van der Waals surface area contributed by atoms with Crippen LogP contribution in [-0.4, -0.2) is 11.9 Å². The molecular weight excluding hydrogens is 280 g/mol. The Bertz CT molecular complexity index is 393. The van der Waals surface area contributed by atoms with Crippen molar-refractivity contribution in [1.82, 2.24) is 5.32 Å². The number of rotatable bonds is 4. The van der Waals surface area contributed by atoms with Crippen LogP contribution in [-0.2, 0) is 4.79 Å². The molecule has 0 radical (unpaired) electrons. The van der Waals surface area contributed by atoms with Crippen LogP contribution in [0.15, 0.2) is 28.7 Å². The second kappa shape index (κ2) is 6.17. The van der Waals surface area contributed by atoms with E-state index in [9.17, 15) is 4.79 Å². The number of hydrogen-bond donors (Lipinski definition) is 2. The number of benzene rings is 1. The molecular formula is C13H19BrN2O. The van der Waals surface area contributed by atoms with Crippen molar-refractivity contribution in [2.75, 3.05) is 0 Å². The summed E-state index contributed by atoms with van der Waals surface area (Å²) in [5.74, 6) is -0.191. The number of nitrogens with two attached hydrogens (primary N) is 1. The highest BCUT2D eigenvalue weighted by Gasteiger charge is 2.19. The van der Waals surface area contributed by atoms with Crippen LogP contribution >= 0.6 is 15.9 Å². The van der Waals surface area contributed by atoms with Gasteiger partial charge in [0.05, 0.1) is 6.04 Å². The summed E-state index contributed by atoms with van der Waals surface area (Å²) in [4.78, 5) is 11.9. The quantitative estimate of drug-likeness (QED) is 0.898. The topological polar surface area (TPSA) is 55.1 Å². The van der Waals surface area contributed by atoms with Gasteiger partial charge in [-0.1, -0.05) is 41.1 Å². The van der Waals surface area contributed by atoms with Gasteiger partial charge in [-0.3, -0.25) is 4.79 Å². The molecule has 1 rings (SSSR count). The lowest BCUT2D eigenvalue weighted by Gasteiger charge is -2.20. The van der Waals surface area contributed by atoms with Crippen molar-refractivity contribution in [2.45, 2.75) is 32.9 Å². The molecule has 1 aromatic carbocycles. The predicted molar refractivity (Wildman–Crippen MR) is 73.5 cm³/mol. The van der Waals surface area contributed by atoms with Crippen molar-refractivity contribution in [3.05, 3.63) is 34.3 Å². The van der Waals surface area contributed by atoms with E-state index < -0.39 is 0 Å². The van der Waals surface area contributed by atoms with Gasteiger partial charge in [-0.25, -0.2) is 0 Å². The molecule has 4 heteroatoms. The Kier molecular flexibility index (Phi) is 5.15. The van der Waals surface area contributed by atoms with E-state index in [4.69, 9.17) is 5.73 Å². The minimum atomic E-state index is -0.181. The Balaban J connectivity index is 2.70. The van der Waals surface area contributed by atoms with Crippen molar-refractivity contribution < 1.29 is 4.79 Å². The molecule has 3 nitrogen and oxygen atoms in total. The molecule has 3 atom stereocenters. The van der Waals surface area contributed by atoms with E-state index in [1.807, 2.05) is 45.0 Å². The molecule has 0 aliphatic rings. The van der Waals surface area contributed by atoms with Gasteiger partial charge in [-0.2, -0.15) is 0 Å². The highest BCUT2D eigenvalue weighted by molar-refractivity contribution is 9.10. The van der Waals surface area contributed by atoms with Gasteiger partial charge in [-0.05, 0) is 25.5 Å². The second-order valence-electron chi connectivity index (χ2n) is 4.40. The van der Waals surface area contributed by atoms with E-state index >= 15 is 0 Å². The summed E-state index contributed by atoms with van der Waals surface area (Å²) in [7, 11) is 0. The van der Waals surface area contributed by atoms with Gasteiger partial charge >= 0.3 is 0 Å². The molecule has 0 aromatic heterocycles. The normalized spacial score (nSPS) is 16.1. The standard InChI is InChI=1S/C13H19BrN2O/c1-8(9(2)15)13(17)16-10(3)11-6-4-5-7-12(11)14/h4-10H,15H2,1-3H3,(H,16,17)/t8?,9?,10-/m0/s1. The molecule has 0 aliphatic carbocycles. The number of carbonyl (C=O) groups is 1. The largest absolute Gasteiger partial charge is 0.349 e. The van der Waals surface area contributed by atoms with Gasteiger partial charge < -0.3 is 11.1 Å². The molecule has 0 bridgehead atoms. The zero-order valence-corrected chi connectivity index (χ0v) is 12.0. The summed E-state index contributed by atoms with van der Waals surface area (Å²) in [6, 6.07) is 7.70. The first-order valence-electron chi connectivity index (χ1n) is 5.74. The summed E-state index contributed by atoms with van der Waals surface area (Å²) in [6.45, 7) is 5.64. The molecule has 1 amide bonds. The number of halogens is 1. The van der Waals surface area contributed by atoms with Gasteiger partial charge in [0.2, 0.25) is 5.91 Å². The van der Waals surface area contributed by atoms with E-state index in [0.29, 0.717) is 0 Å². The van der Waals surface area contributed by atoms with Gasteiger partial charge in [0, 0.05) is 16.4 Å². The van der Waals surface area contributed by atoms with E-state index in [1.165, 1.54) is 0 Å². The van der Waals surface area contributed by atoms with E-state index in [0.717, 1.165) is 10.0 Å². The van der Waals surface area contributed by atoms with Gasteiger partial charge in [-0.15, -0.1) is 0 Å². The summed E-state index contributed by atoms with van der Waals surface area (Å²) in [5.41, 5.74) is 6.78. The molecule has 0 saturated heterocycles. The third kappa shape index (κ3) is 3.82. The summed E-state index contributed by atoms with van der Waals surface area (Å²) < 4.78 is 1.00. The lowest BCUT2D eigenvalue weighted by atomic mass is 10.0.